The van der Waals surface area contributed by atoms with E-state index in [0.717, 1.165) is 50.2 Å². The van der Waals surface area contributed by atoms with Gasteiger partial charge in [-0.1, -0.05) is 31.2 Å². The lowest BCUT2D eigenvalue weighted by Crippen LogP contribution is -2.38. The number of benzene rings is 2. The summed E-state index contributed by atoms with van der Waals surface area (Å²) in [6.07, 6.45) is 8.64. The number of halogens is 1. The molecule has 11 heteroatoms. The van der Waals surface area contributed by atoms with Crippen LogP contribution < -0.4 is 20.1 Å². The van der Waals surface area contributed by atoms with E-state index < -0.39 is 15.8 Å². The van der Waals surface area contributed by atoms with Gasteiger partial charge in [0.15, 0.2) is 5.82 Å². The number of fused-ring (bicyclic) bond motifs is 1. The molecule has 3 heterocycles. The molecule has 0 amide bonds. The van der Waals surface area contributed by atoms with Gasteiger partial charge in [-0.2, -0.15) is 0 Å². The fourth-order valence-electron chi connectivity index (χ4n) is 5.28. The van der Waals surface area contributed by atoms with Gasteiger partial charge in [-0.3, -0.25) is 4.72 Å². The number of rotatable bonds is 9. The van der Waals surface area contributed by atoms with E-state index in [1.807, 2.05) is 19.1 Å². The molecule has 6 rings (SSSR count). The summed E-state index contributed by atoms with van der Waals surface area (Å²) in [6.45, 7) is 5.39. The zero-order chi connectivity index (χ0) is 28.6. The number of pyridine rings is 1. The van der Waals surface area contributed by atoms with Gasteiger partial charge < -0.3 is 15.4 Å². The normalized spacial score (nSPS) is 18.2. The number of nitrogens with zero attached hydrogens (tertiary/aromatic N) is 3. The molecular weight excluding hydrogens is 543 g/mol. The van der Waals surface area contributed by atoms with Gasteiger partial charge in [0.1, 0.15) is 17.3 Å². The molecule has 2 aromatic heterocycles. The summed E-state index contributed by atoms with van der Waals surface area (Å²) in [4.78, 5) is 13.4. The fourth-order valence-corrected chi connectivity index (χ4v) is 7.07. The zero-order valence-corrected chi connectivity index (χ0v) is 23.9. The third-order valence-corrected chi connectivity index (χ3v) is 9.37. The van der Waals surface area contributed by atoms with Gasteiger partial charge in [-0.05, 0) is 56.7 Å². The van der Waals surface area contributed by atoms with Crippen molar-refractivity contribution < 1.29 is 17.5 Å². The number of sulfonamides is 1. The van der Waals surface area contributed by atoms with E-state index >= 15 is 4.39 Å². The van der Waals surface area contributed by atoms with Crippen LogP contribution in [0, 0.1) is 18.2 Å². The molecule has 1 aliphatic carbocycles. The molecule has 4 aromatic rings. The Balaban J connectivity index is 1.35. The lowest BCUT2D eigenvalue weighted by Gasteiger charge is -2.24. The number of ether oxygens (including phenoxy) is 1. The Morgan fingerprint density at radius 3 is 2.63 bits per heavy atom. The number of hydrogen-bond acceptors (Lipinski definition) is 8. The first-order chi connectivity index (χ1) is 19.7. The zero-order valence-electron chi connectivity index (χ0n) is 23.1. The monoisotopic (exact) mass is 576 g/mol. The lowest BCUT2D eigenvalue weighted by molar-refractivity contribution is 0.458. The van der Waals surface area contributed by atoms with Gasteiger partial charge in [-0.25, -0.2) is 27.8 Å². The van der Waals surface area contributed by atoms with Crippen LogP contribution >= 0.6 is 0 Å². The number of nitrogens with one attached hydrogen (secondary N) is 3. The van der Waals surface area contributed by atoms with Crippen LogP contribution in [0.4, 0.5) is 15.9 Å². The highest BCUT2D eigenvalue weighted by Crippen LogP contribution is 2.47. The van der Waals surface area contributed by atoms with Crippen LogP contribution in [-0.4, -0.2) is 48.3 Å². The highest BCUT2D eigenvalue weighted by Gasteiger charge is 2.41. The van der Waals surface area contributed by atoms with Crippen molar-refractivity contribution in [3.05, 3.63) is 66.4 Å². The lowest BCUT2D eigenvalue weighted by atomic mass is 10.0. The van der Waals surface area contributed by atoms with Crippen molar-refractivity contribution in [2.45, 2.75) is 45.6 Å². The average Bonchev–Trinajstić information content (AvgIpc) is 3.69. The fraction of sp³-hybridized carbons (Fsp3) is 0.367. The molecule has 1 unspecified atom stereocenters. The molecular formula is C30H33FN6O3S. The molecule has 2 aliphatic rings. The van der Waals surface area contributed by atoms with Crippen molar-refractivity contribution in [3.63, 3.8) is 0 Å². The van der Waals surface area contributed by atoms with Crippen LogP contribution in [0.3, 0.4) is 0 Å². The van der Waals surface area contributed by atoms with Crippen molar-refractivity contribution >= 4 is 32.3 Å². The molecule has 2 aromatic carbocycles. The minimum absolute atomic E-state index is 0.0476. The molecule has 1 saturated carbocycles. The first-order valence-corrected chi connectivity index (χ1v) is 15.5. The summed E-state index contributed by atoms with van der Waals surface area (Å²) in [5.74, 6) is 0.431. The summed E-state index contributed by atoms with van der Waals surface area (Å²) in [7, 11) is -3.76. The first kappa shape index (κ1) is 27.3. The van der Waals surface area contributed by atoms with Crippen LogP contribution in [0.25, 0.3) is 22.0 Å². The maximum atomic E-state index is 15.9. The second-order valence-electron chi connectivity index (χ2n) is 11.3. The maximum absolute atomic E-state index is 15.9. The molecule has 9 nitrogen and oxygen atoms in total. The standard InChI is InChI=1S/C30H33FN6O3S/c1-19-25(31)27(37-41(38,39)18-30(2)10-11-30)22-7-3-4-8-23(22)28(19)40-29-26(34-14-15-35-29)20-9-13-33-24(16-20)36-21-6-5-12-32-17-21/h3-4,7-9,13-16,21,32,37H,5-6,10-12,17-18H2,1-2H3,(H,33,36). The van der Waals surface area contributed by atoms with Gasteiger partial charge >= 0.3 is 0 Å². The van der Waals surface area contributed by atoms with E-state index in [2.05, 4.69) is 30.3 Å². The molecule has 1 aliphatic heterocycles. The summed E-state index contributed by atoms with van der Waals surface area (Å²) in [5, 5.41) is 7.82. The highest BCUT2D eigenvalue weighted by atomic mass is 32.2. The number of piperidine rings is 1. The predicted molar refractivity (Wildman–Crippen MR) is 158 cm³/mol. The molecule has 1 saturated heterocycles. The molecule has 3 N–H and O–H groups in total. The Kier molecular flexibility index (Phi) is 7.25. The van der Waals surface area contributed by atoms with Crippen molar-refractivity contribution in [2.75, 3.05) is 28.9 Å². The summed E-state index contributed by atoms with van der Waals surface area (Å²) < 4.78 is 50.7. The van der Waals surface area contributed by atoms with E-state index in [0.29, 0.717) is 16.5 Å². The molecule has 2 fully saturated rings. The SMILES string of the molecule is Cc1c(F)c(NS(=O)(=O)CC2(C)CC2)c2ccccc2c1Oc1nccnc1-c1ccnc(NC2CCCNC2)c1. The van der Waals surface area contributed by atoms with E-state index in [4.69, 9.17) is 4.74 Å². The van der Waals surface area contributed by atoms with Crippen molar-refractivity contribution in [1.29, 1.82) is 0 Å². The molecule has 0 radical (unpaired) electrons. The molecule has 1 atom stereocenters. The summed E-state index contributed by atoms with van der Waals surface area (Å²) in [6, 6.07) is 11.0. The Bertz CT molecular complexity index is 1700. The van der Waals surface area contributed by atoms with Crippen LogP contribution in [0.5, 0.6) is 11.6 Å². The van der Waals surface area contributed by atoms with Crippen molar-refractivity contribution in [1.82, 2.24) is 20.3 Å². The summed E-state index contributed by atoms with van der Waals surface area (Å²) >= 11 is 0. The predicted octanol–water partition coefficient (Wildman–Crippen LogP) is 5.64. The summed E-state index contributed by atoms with van der Waals surface area (Å²) in [5.41, 5.74) is 1.06. The van der Waals surface area contributed by atoms with E-state index in [-0.39, 0.29) is 40.1 Å². The second kappa shape index (κ2) is 10.9. The third kappa shape index (κ3) is 5.96. The van der Waals surface area contributed by atoms with Gasteiger partial charge in [0, 0.05) is 53.1 Å². The van der Waals surface area contributed by atoms with Crippen molar-refractivity contribution in [2.24, 2.45) is 5.41 Å². The van der Waals surface area contributed by atoms with Gasteiger partial charge in [0.05, 0.1) is 11.4 Å². The number of aromatic nitrogens is 3. The Hall–Kier alpha value is -3.83. The Labute approximate surface area is 239 Å². The maximum Gasteiger partial charge on any atom is 0.246 e. The largest absolute Gasteiger partial charge is 0.436 e. The van der Waals surface area contributed by atoms with Crippen LogP contribution in [0.2, 0.25) is 0 Å². The first-order valence-electron chi connectivity index (χ1n) is 13.9. The second-order valence-corrected chi connectivity index (χ2v) is 13.0. The van der Waals surface area contributed by atoms with E-state index in [1.165, 1.54) is 6.20 Å². The molecule has 41 heavy (non-hydrogen) atoms. The smallest absolute Gasteiger partial charge is 0.246 e. The minimum Gasteiger partial charge on any atom is -0.436 e. The Morgan fingerprint density at radius 2 is 1.88 bits per heavy atom. The topological polar surface area (TPSA) is 118 Å². The number of anilines is 2. The number of hydrogen-bond donors (Lipinski definition) is 3. The van der Waals surface area contributed by atoms with E-state index in [9.17, 15) is 8.42 Å². The quantitative estimate of drug-likeness (QED) is 0.234. The van der Waals surface area contributed by atoms with Crippen LogP contribution in [0.15, 0.2) is 55.0 Å². The molecule has 0 bridgehead atoms. The average molecular weight is 577 g/mol. The van der Waals surface area contributed by atoms with Gasteiger partial charge in [0.2, 0.25) is 15.9 Å². The minimum atomic E-state index is -3.76. The molecule has 214 valence electrons. The van der Waals surface area contributed by atoms with Gasteiger partial charge in [-0.15, -0.1) is 0 Å². The van der Waals surface area contributed by atoms with Crippen LogP contribution in [0.1, 0.15) is 38.2 Å². The van der Waals surface area contributed by atoms with Crippen LogP contribution in [-0.2, 0) is 10.0 Å². The van der Waals surface area contributed by atoms with E-state index in [1.54, 1.807) is 43.6 Å². The van der Waals surface area contributed by atoms with Gasteiger partial charge in [0.25, 0.3) is 0 Å². The highest BCUT2D eigenvalue weighted by molar-refractivity contribution is 7.92. The Morgan fingerprint density at radius 1 is 1.10 bits per heavy atom. The third-order valence-electron chi connectivity index (χ3n) is 7.78. The molecule has 0 spiro atoms. The van der Waals surface area contributed by atoms with Crippen molar-refractivity contribution in [3.8, 4) is 22.9 Å².